The van der Waals surface area contributed by atoms with Crippen molar-refractivity contribution in [3.8, 4) is 5.75 Å². The number of hydrogen-bond donors (Lipinski definition) is 1. The summed E-state index contributed by atoms with van der Waals surface area (Å²) in [7, 11) is -1.36. The van der Waals surface area contributed by atoms with E-state index in [1.54, 1.807) is 24.3 Å². The van der Waals surface area contributed by atoms with E-state index in [1.165, 1.54) is 38.4 Å². The van der Waals surface area contributed by atoms with Crippen molar-refractivity contribution in [1.29, 1.82) is 0 Å². The Hall–Kier alpha value is -3.37. The smallest absolute Gasteiger partial charge is 0.416 e. The van der Waals surface area contributed by atoms with Crippen molar-refractivity contribution in [3.63, 3.8) is 0 Å². The van der Waals surface area contributed by atoms with E-state index >= 15 is 0 Å². The number of alkyl halides is 3. The monoisotopic (exact) mass is 478 g/mol. The molecule has 3 aromatic rings. The first-order chi connectivity index (χ1) is 15.5. The lowest BCUT2D eigenvalue weighted by molar-refractivity contribution is -0.137. The average molecular weight is 478 g/mol. The molecular weight excluding hydrogens is 457 g/mol. The molecule has 0 heterocycles. The van der Waals surface area contributed by atoms with E-state index in [0.29, 0.717) is 0 Å². The highest BCUT2D eigenvalue weighted by molar-refractivity contribution is 7.89. The summed E-state index contributed by atoms with van der Waals surface area (Å²) < 4.78 is 71.5. The van der Waals surface area contributed by atoms with E-state index in [1.807, 2.05) is 6.07 Å². The number of methoxy groups -OCH3 is 1. The number of hydrogen-bond acceptors (Lipinski definition) is 4. The van der Waals surface area contributed by atoms with Gasteiger partial charge in [-0.3, -0.25) is 4.79 Å². The van der Waals surface area contributed by atoms with Crippen LogP contribution in [0, 0.1) is 0 Å². The van der Waals surface area contributed by atoms with Crippen LogP contribution in [0.25, 0.3) is 0 Å². The van der Waals surface area contributed by atoms with Gasteiger partial charge in [-0.25, -0.2) is 8.42 Å². The Labute approximate surface area is 189 Å². The fourth-order valence-corrected chi connectivity index (χ4v) is 4.43. The van der Waals surface area contributed by atoms with Crippen molar-refractivity contribution >= 4 is 21.6 Å². The molecule has 0 radical (unpaired) electrons. The lowest BCUT2D eigenvalue weighted by atomic mass is 10.1. The first kappa shape index (κ1) is 24.3. The molecule has 0 atom stereocenters. The summed E-state index contributed by atoms with van der Waals surface area (Å²) in [6, 6.07) is 16.9. The van der Waals surface area contributed by atoms with Crippen molar-refractivity contribution in [2.24, 2.45) is 0 Å². The highest BCUT2D eigenvalue weighted by Crippen LogP contribution is 2.31. The molecule has 0 aliphatic carbocycles. The zero-order chi connectivity index (χ0) is 24.2. The van der Waals surface area contributed by atoms with Gasteiger partial charge in [-0.05, 0) is 42.0 Å². The Morgan fingerprint density at radius 3 is 2.33 bits per heavy atom. The maximum absolute atomic E-state index is 13.2. The van der Waals surface area contributed by atoms with Crippen LogP contribution in [0.5, 0.6) is 5.75 Å². The van der Waals surface area contributed by atoms with Gasteiger partial charge in [-0.15, -0.1) is 0 Å². The molecule has 0 saturated heterocycles. The molecule has 0 aliphatic heterocycles. The van der Waals surface area contributed by atoms with Crippen LogP contribution >= 0.6 is 0 Å². The zero-order valence-corrected chi connectivity index (χ0v) is 18.6. The first-order valence-corrected chi connectivity index (χ1v) is 11.1. The van der Waals surface area contributed by atoms with Crippen molar-refractivity contribution < 1.29 is 31.1 Å². The molecule has 0 saturated carbocycles. The van der Waals surface area contributed by atoms with Crippen LogP contribution in [-0.4, -0.2) is 32.8 Å². The topological polar surface area (TPSA) is 75.7 Å². The van der Waals surface area contributed by atoms with Gasteiger partial charge in [0.05, 0.1) is 12.7 Å². The lowest BCUT2D eigenvalue weighted by Crippen LogP contribution is -2.27. The number of halogens is 3. The van der Waals surface area contributed by atoms with Gasteiger partial charge in [0.25, 0.3) is 5.91 Å². The molecule has 0 bridgehead atoms. The zero-order valence-electron chi connectivity index (χ0n) is 17.8. The number of anilines is 1. The number of nitrogens with one attached hydrogen (secondary N) is 1. The molecule has 0 aromatic heterocycles. The maximum Gasteiger partial charge on any atom is 0.416 e. The standard InChI is InChI=1S/C23H21F3N2O4S/c1-28(15-16-7-4-3-5-8-16)33(30,31)21-13-17(11-12-20(21)32-2)22(29)27-19-10-6-9-18(14-19)23(24,25)26/h3-14H,15H2,1-2H3,(H,27,29). The predicted octanol–water partition coefficient (Wildman–Crippen LogP) is 4.79. The highest BCUT2D eigenvalue weighted by Gasteiger charge is 2.31. The van der Waals surface area contributed by atoms with E-state index in [2.05, 4.69) is 5.32 Å². The van der Waals surface area contributed by atoms with Crippen molar-refractivity contribution in [1.82, 2.24) is 4.31 Å². The Balaban J connectivity index is 1.89. The van der Waals surface area contributed by atoms with Gasteiger partial charge in [0.15, 0.2) is 0 Å². The molecule has 0 unspecified atom stereocenters. The minimum absolute atomic E-state index is 0.0329. The number of nitrogens with zero attached hydrogens (tertiary/aromatic N) is 1. The van der Waals surface area contributed by atoms with Crippen LogP contribution in [0.3, 0.4) is 0 Å². The minimum atomic E-state index is -4.56. The fourth-order valence-electron chi connectivity index (χ4n) is 3.09. The van der Waals surface area contributed by atoms with E-state index in [0.717, 1.165) is 28.1 Å². The van der Waals surface area contributed by atoms with E-state index < -0.39 is 27.7 Å². The molecule has 10 heteroatoms. The predicted molar refractivity (Wildman–Crippen MR) is 117 cm³/mol. The van der Waals surface area contributed by atoms with Crippen LogP contribution in [0.1, 0.15) is 21.5 Å². The SMILES string of the molecule is COc1ccc(C(=O)Nc2cccc(C(F)(F)F)c2)cc1S(=O)(=O)N(C)Cc1ccccc1. The number of rotatable bonds is 7. The average Bonchev–Trinajstić information content (AvgIpc) is 2.78. The number of amides is 1. The Bertz CT molecular complexity index is 1250. The summed E-state index contributed by atoms with van der Waals surface area (Å²) in [5.41, 5.74) is -0.280. The third kappa shape index (κ3) is 5.71. The van der Waals surface area contributed by atoms with Gasteiger partial charge in [-0.2, -0.15) is 17.5 Å². The number of sulfonamides is 1. The molecule has 1 amide bonds. The molecule has 33 heavy (non-hydrogen) atoms. The number of benzene rings is 3. The van der Waals surface area contributed by atoms with Crippen molar-refractivity contribution in [3.05, 3.63) is 89.5 Å². The molecule has 174 valence electrons. The number of ether oxygens (including phenoxy) is 1. The van der Waals surface area contributed by atoms with Gasteiger partial charge in [0.2, 0.25) is 10.0 Å². The molecule has 0 fully saturated rings. The Morgan fingerprint density at radius 2 is 1.70 bits per heavy atom. The summed E-state index contributed by atoms with van der Waals surface area (Å²) in [5, 5.41) is 2.37. The van der Waals surface area contributed by atoms with Crippen molar-refractivity contribution in [2.75, 3.05) is 19.5 Å². The van der Waals surface area contributed by atoms with Crippen LogP contribution in [-0.2, 0) is 22.7 Å². The largest absolute Gasteiger partial charge is 0.495 e. The number of carbonyl (C=O) groups is 1. The molecule has 6 nitrogen and oxygen atoms in total. The third-order valence-corrected chi connectivity index (χ3v) is 6.63. The second kappa shape index (κ2) is 9.63. The van der Waals surface area contributed by atoms with Crippen molar-refractivity contribution in [2.45, 2.75) is 17.6 Å². The molecule has 1 N–H and O–H groups in total. The second-order valence-corrected chi connectivity index (χ2v) is 9.16. The van der Waals surface area contributed by atoms with E-state index in [-0.39, 0.29) is 28.4 Å². The fraction of sp³-hybridized carbons (Fsp3) is 0.174. The first-order valence-electron chi connectivity index (χ1n) is 9.69. The van der Waals surface area contributed by atoms with E-state index in [9.17, 15) is 26.4 Å². The third-order valence-electron chi connectivity index (χ3n) is 4.81. The molecule has 0 spiro atoms. The van der Waals surface area contributed by atoms with E-state index in [4.69, 9.17) is 4.74 Å². The summed E-state index contributed by atoms with van der Waals surface area (Å²) in [6.45, 7) is 0.0903. The summed E-state index contributed by atoms with van der Waals surface area (Å²) in [4.78, 5) is 12.4. The molecule has 3 rings (SSSR count). The number of carbonyl (C=O) groups excluding carboxylic acids is 1. The molecular formula is C23H21F3N2O4S. The minimum Gasteiger partial charge on any atom is -0.495 e. The second-order valence-electron chi connectivity index (χ2n) is 7.15. The molecule has 3 aromatic carbocycles. The van der Waals surface area contributed by atoms with Crippen LogP contribution < -0.4 is 10.1 Å². The lowest BCUT2D eigenvalue weighted by Gasteiger charge is -2.19. The summed E-state index contributed by atoms with van der Waals surface area (Å²) >= 11 is 0. The van der Waals surface area contributed by atoms with Gasteiger partial charge in [0.1, 0.15) is 10.6 Å². The normalized spacial score (nSPS) is 11.9. The summed E-state index contributed by atoms with van der Waals surface area (Å²) in [5.74, 6) is -0.732. The Kier molecular flexibility index (Phi) is 7.09. The van der Waals surface area contributed by atoms with Gasteiger partial charge < -0.3 is 10.1 Å². The quantitative estimate of drug-likeness (QED) is 0.530. The summed E-state index contributed by atoms with van der Waals surface area (Å²) in [6.07, 6.45) is -4.56. The van der Waals surface area contributed by atoms with Gasteiger partial charge >= 0.3 is 6.18 Å². The van der Waals surface area contributed by atoms with Gasteiger partial charge in [0, 0.05) is 24.8 Å². The van der Waals surface area contributed by atoms with Gasteiger partial charge in [-0.1, -0.05) is 36.4 Å². The molecule has 0 aliphatic rings. The van der Waals surface area contributed by atoms with Crippen LogP contribution in [0.2, 0.25) is 0 Å². The van der Waals surface area contributed by atoms with Crippen LogP contribution in [0.15, 0.2) is 77.7 Å². The Morgan fingerprint density at radius 1 is 1.00 bits per heavy atom. The highest BCUT2D eigenvalue weighted by atomic mass is 32.2. The maximum atomic E-state index is 13.2. The van der Waals surface area contributed by atoms with Crippen LogP contribution in [0.4, 0.5) is 18.9 Å².